The third-order valence-corrected chi connectivity index (χ3v) is 4.26. The van der Waals surface area contributed by atoms with Crippen LogP contribution in [0.1, 0.15) is 15.2 Å². The largest absolute Gasteiger partial charge is 0.477 e. The maximum Gasteiger partial charge on any atom is 0.346 e. The van der Waals surface area contributed by atoms with Crippen LogP contribution in [0.25, 0.3) is 0 Å². The highest BCUT2D eigenvalue weighted by Gasteiger charge is 2.12. The molecule has 18 heavy (non-hydrogen) atoms. The van der Waals surface area contributed by atoms with Gasteiger partial charge in [0.05, 0.1) is 0 Å². The van der Waals surface area contributed by atoms with Crippen LogP contribution in [0.2, 0.25) is 0 Å². The Kier molecular flexibility index (Phi) is 3.98. The quantitative estimate of drug-likeness (QED) is 0.863. The van der Waals surface area contributed by atoms with Gasteiger partial charge in [-0.3, -0.25) is 0 Å². The highest BCUT2D eigenvalue weighted by atomic mass is 32.2. The number of benzene rings is 1. The highest BCUT2D eigenvalue weighted by Crippen LogP contribution is 2.29. The van der Waals surface area contributed by atoms with E-state index < -0.39 is 17.6 Å². The maximum atomic E-state index is 13.4. The van der Waals surface area contributed by atoms with Crippen molar-refractivity contribution in [2.75, 3.05) is 0 Å². The summed E-state index contributed by atoms with van der Waals surface area (Å²) in [7, 11) is 0. The molecule has 0 saturated heterocycles. The van der Waals surface area contributed by atoms with E-state index in [2.05, 4.69) is 0 Å². The second-order valence-electron chi connectivity index (χ2n) is 3.44. The van der Waals surface area contributed by atoms with Crippen molar-refractivity contribution < 1.29 is 18.7 Å². The standard InChI is InChI=1S/C12H8F2O2S2/c13-8-1-2-10(9(14)5-8)18-6-7-3-4-17-11(7)12(15)16/h1-5H,6H2,(H,15,16). The van der Waals surface area contributed by atoms with Crippen LogP contribution in [0, 0.1) is 11.6 Å². The number of halogens is 2. The summed E-state index contributed by atoms with van der Waals surface area (Å²) >= 11 is 2.28. The summed E-state index contributed by atoms with van der Waals surface area (Å²) in [5.41, 5.74) is 0.640. The molecular formula is C12H8F2O2S2. The van der Waals surface area contributed by atoms with Gasteiger partial charge in [-0.2, -0.15) is 0 Å². The van der Waals surface area contributed by atoms with Crippen LogP contribution >= 0.6 is 23.1 Å². The number of carboxylic acid groups (broad SMARTS) is 1. The smallest absolute Gasteiger partial charge is 0.346 e. The van der Waals surface area contributed by atoms with Crippen LogP contribution in [0.3, 0.4) is 0 Å². The maximum absolute atomic E-state index is 13.4. The number of thioether (sulfide) groups is 1. The van der Waals surface area contributed by atoms with E-state index in [-0.39, 0.29) is 4.88 Å². The molecule has 0 aliphatic rings. The van der Waals surface area contributed by atoms with E-state index in [9.17, 15) is 13.6 Å². The Morgan fingerprint density at radius 3 is 2.78 bits per heavy atom. The van der Waals surface area contributed by atoms with E-state index in [4.69, 9.17) is 5.11 Å². The van der Waals surface area contributed by atoms with Gasteiger partial charge in [-0.15, -0.1) is 23.1 Å². The molecule has 0 fully saturated rings. The molecule has 94 valence electrons. The lowest BCUT2D eigenvalue weighted by Gasteiger charge is -2.03. The van der Waals surface area contributed by atoms with Gasteiger partial charge < -0.3 is 5.11 Å². The van der Waals surface area contributed by atoms with Crippen molar-refractivity contribution in [3.63, 3.8) is 0 Å². The zero-order valence-corrected chi connectivity index (χ0v) is 10.7. The van der Waals surface area contributed by atoms with Crippen molar-refractivity contribution in [2.24, 2.45) is 0 Å². The second-order valence-corrected chi connectivity index (χ2v) is 5.38. The molecule has 0 bridgehead atoms. The zero-order chi connectivity index (χ0) is 13.1. The number of aromatic carboxylic acids is 1. The Bertz CT molecular complexity index is 581. The topological polar surface area (TPSA) is 37.3 Å². The minimum Gasteiger partial charge on any atom is -0.477 e. The lowest BCUT2D eigenvalue weighted by molar-refractivity contribution is 0.0701. The molecule has 2 nitrogen and oxygen atoms in total. The molecule has 0 atom stereocenters. The fourth-order valence-electron chi connectivity index (χ4n) is 1.38. The summed E-state index contributed by atoms with van der Waals surface area (Å²) in [4.78, 5) is 11.4. The van der Waals surface area contributed by atoms with Crippen molar-refractivity contribution in [3.05, 3.63) is 51.7 Å². The molecule has 0 spiro atoms. The summed E-state index contributed by atoms with van der Waals surface area (Å²) in [5, 5.41) is 10.6. The molecular weight excluding hydrogens is 278 g/mol. The first-order valence-electron chi connectivity index (χ1n) is 4.95. The minimum absolute atomic E-state index is 0.255. The summed E-state index contributed by atoms with van der Waals surface area (Å²) in [5.74, 6) is -1.90. The Morgan fingerprint density at radius 2 is 2.11 bits per heavy atom. The summed E-state index contributed by atoms with van der Waals surface area (Å²) in [6, 6.07) is 5.04. The summed E-state index contributed by atoms with van der Waals surface area (Å²) < 4.78 is 26.1. The van der Waals surface area contributed by atoms with Crippen molar-refractivity contribution >= 4 is 29.1 Å². The Labute approximate surface area is 110 Å². The molecule has 0 saturated carbocycles. The van der Waals surface area contributed by atoms with Crippen LogP contribution in [-0.2, 0) is 5.75 Å². The number of hydrogen-bond donors (Lipinski definition) is 1. The third kappa shape index (κ3) is 2.88. The lowest BCUT2D eigenvalue weighted by Crippen LogP contribution is -1.96. The average molecular weight is 286 g/mol. The van der Waals surface area contributed by atoms with Gasteiger partial charge in [0, 0.05) is 16.7 Å². The van der Waals surface area contributed by atoms with E-state index in [1.54, 1.807) is 11.4 Å². The first-order valence-corrected chi connectivity index (χ1v) is 6.82. The van der Waals surface area contributed by atoms with E-state index >= 15 is 0 Å². The van der Waals surface area contributed by atoms with Gasteiger partial charge in [-0.25, -0.2) is 13.6 Å². The van der Waals surface area contributed by atoms with Crippen LogP contribution in [0.4, 0.5) is 8.78 Å². The van der Waals surface area contributed by atoms with Gasteiger partial charge in [0.2, 0.25) is 0 Å². The first kappa shape index (κ1) is 13.0. The van der Waals surface area contributed by atoms with Crippen molar-refractivity contribution in [1.29, 1.82) is 0 Å². The van der Waals surface area contributed by atoms with Gasteiger partial charge in [0.25, 0.3) is 0 Å². The fraction of sp³-hybridized carbons (Fsp3) is 0.0833. The first-order chi connectivity index (χ1) is 8.58. The molecule has 1 aromatic heterocycles. The van der Waals surface area contributed by atoms with E-state index in [1.165, 1.54) is 12.1 Å². The molecule has 1 heterocycles. The van der Waals surface area contributed by atoms with Crippen LogP contribution < -0.4 is 0 Å². The molecule has 1 aromatic carbocycles. The third-order valence-electron chi connectivity index (χ3n) is 2.22. The van der Waals surface area contributed by atoms with Crippen molar-refractivity contribution in [2.45, 2.75) is 10.6 Å². The van der Waals surface area contributed by atoms with Crippen molar-refractivity contribution in [1.82, 2.24) is 0 Å². The summed E-state index contributed by atoms with van der Waals surface area (Å²) in [6.07, 6.45) is 0. The van der Waals surface area contributed by atoms with Crippen LogP contribution in [0.5, 0.6) is 0 Å². The lowest BCUT2D eigenvalue weighted by atomic mass is 10.3. The predicted molar refractivity (Wildman–Crippen MR) is 67.2 cm³/mol. The Balaban J connectivity index is 2.11. The molecule has 0 aliphatic carbocycles. The molecule has 2 aromatic rings. The zero-order valence-electron chi connectivity index (χ0n) is 9.02. The highest BCUT2D eigenvalue weighted by molar-refractivity contribution is 7.98. The normalized spacial score (nSPS) is 10.6. The number of rotatable bonds is 4. The second kappa shape index (κ2) is 5.49. The molecule has 1 N–H and O–H groups in total. The van der Waals surface area contributed by atoms with E-state index in [1.807, 2.05) is 0 Å². The number of hydrogen-bond acceptors (Lipinski definition) is 3. The molecule has 6 heteroatoms. The monoisotopic (exact) mass is 286 g/mol. The van der Waals surface area contributed by atoms with Crippen LogP contribution in [0.15, 0.2) is 34.5 Å². The van der Waals surface area contributed by atoms with E-state index in [0.29, 0.717) is 16.2 Å². The van der Waals surface area contributed by atoms with Gasteiger partial charge in [-0.1, -0.05) is 0 Å². The number of thiophene rings is 1. The van der Waals surface area contributed by atoms with Gasteiger partial charge >= 0.3 is 5.97 Å². The number of carboxylic acids is 1. The molecule has 0 radical (unpaired) electrons. The molecule has 0 aliphatic heterocycles. The average Bonchev–Trinajstić information content (AvgIpc) is 2.76. The van der Waals surface area contributed by atoms with Crippen molar-refractivity contribution in [3.8, 4) is 0 Å². The predicted octanol–water partition coefficient (Wildman–Crippen LogP) is 4.02. The van der Waals surface area contributed by atoms with Gasteiger partial charge in [0.1, 0.15) is 16.5 Å². The molecule has 0 amide bonds. The number of carbonyl (C=O) groups is 1. The Morgan fingerprint density at radius 1 is 1.33 bits per heavy atom. The van der Waals surface area contributed by atoms with Gasteiger partial charge in [0.15, 0.2) is 0 Å². The SMILES string of the molecule is O=C(O)c1sccc1CSc1ccc(F)cc1F. The summed E-state index contributed by atoms with van der Waals surface area (Å²) in [6.45, 7) is 0. The molecule has 0 unspecified atom stereocenters. The van der Waals surface area contributed by atoms with E-state index in [0.717, 1.165) is 29.2 Å². The Hall–Kier alpha value is -1.40. The minimum atomic E-state index is -0.986. The van der Waals surface area contributed by atoms with Gasteiger partial charge in [-0.05, 0) is 29.1 Å². The van der Waals surface area contributed by atoms with Crippen LogP contribution in [-0.4, -0.2) is 11.1 Å². The molecule has 2 rings (SSSR count). The fourth-order valence-corrected chi connectivity index (χ4v) is 3.15.